The van der Waals surface area contributed by atoms with Gasteiger partial charge in [-0.3, -0.25) is 0 Å². The fraction of sp³-hybridized carbons (Fsp3) is 0.286. The van der Waals surface area contributed by atoms with Crippen LogP contribution in [0.15, 0.2) is 54.7 Å². The summed E-state index contributed by atoms with van der Waals surface area (Å²) in [5.41, 5.74) is 2.07. The van der Waals surface area contributed by atoms with Gasteiger partial charge in [-0.05, 0) is 30.3 Å². The molecule has 3 aromatic rings. The van der Waals surface area contributed by atoms with Gasteiger partial charge in [0, 0.05) is 44.0 Å². The number of nitrogens with zero attached hydrogens (tertiary/aromatic N) is 5. The van der Waals surface area contributed by atoms with Crippen LogP contribution in [-0.2, 0) is 6.54 Å². The van der Waals surface area contributed by atoms with Gasteiger partial charge >= 0.3 is 0 Å². The number of methoxy groups -OCH3 is 1. The van der Waals surface area contributed by atoms with Crippen LogP contribution >= 0.6 is 0 Å². The maximum atomic E-state index is 13.1. The Labute approximate surface area is 169 Å². The van der Waals surface area contributed by atoms with Crippen LogP contribution < -0.4 is 19.9 Å². The number of piperazine rings is 1. The van der Waals surface area contributed by atoms with Gasteiger partial charge in [0.2, 0.25) is 5.95 Å². The molecule has 0 aliphatic carbocycles. The molecule has 1 aromatic heterocycles. The van der Waals surface area contributed by atoms with Crippen molar-refractivity contribution in [1.82, 2.24) is 15.2 Å². The molecule has 1 saturated heterocycles. The third-order valence-corrected chi connectivity index (χ3v) is 4.95. The highest BCUT2D eigenvalue weighted by Gasteiger charge is 2.20. The molecule has 0 bridgehead atoms. The van der Waals surface area contributed by atoms with Gasteiger partial charge in [0.25, 0.3) is 0 Å². The second kappa shape index (κ2) is 8.72. The van der Waals surface area contributed by atoms with E-state index in [1.54, 1.807) is 13.3 Å². The van der Waals surface area contributed by atoms with Crippen LogP contribution in [0.4, 0.5) is 21.8 Å². The molecule has 0 spiro atoms. The lowest BCUT2D eigenvalue weighted by Gasteiger charge is -2.35. The highest BCUT2D eigenvalue weighted by atomic mass is 19.1. The van der Waals surface area contributed by atoms with E-state index < -0.39 is 0 Å². The van der Waals surface area contributed by atoms with Gasteiger partial charge in [-0.25, -0.2) is 4.39 Å². The Hall–Kier alpha value is -3.42. The molecule has 8 heteroatoms. The summed E-state index contributed by atoms with van der Waals surface area (Å²) in [5, 5.41) is 11.6. The second-order valence-corrected chi connectivity index (χ2v) is 6.76. The van der Waals surface area contributed by atoms with Crippen molar-refractivity contribution >= 4 is 17.5 Å². The van der Waals surface area contributed by atoms with E-state index in [2.05, 4.69) is 30.3 Å². The first-order chi connectivity index (χ1) is 14.2. The van der Waals surface area contributed by atoms with E-state index in [1.165, 1.54) is 12.1 Å². The molecule has 1 fully saturated rings. The van der Waals surface area contributed by atoms with E-state index in [0.29, 0.717) is 18.3 Å². The molecule has 0 unspecified atom stereocenters. The molecule has 1 aliphatic heterocycles. The normalized spacial score (nSPS) is 14.0. The zero-order valence-corrected chi connectivity index (χ0v) is 16.3. The number of halogens is 1. The highest BCUT2D eigenvalue weighted by molar-refractivity contribution is 5.49. The van der Waals surface area contributed by atoms with E-state index in [9.17, 15) is 4.39 Å². The molecule has 150 valence electrons. The summed E-state index contributed by atoms with van der Waals surface area (Å²) < 4.78 is 18.5. The van der Waals surface area contributed by atoms with Crippen molar-refractivity contribution in [1.29, 1.82) is 0 Å². The Balaban J connectivity index is 1.37. The largest absolute Gasteiger partial charge is 0.496 e. The van der Waals surface area contributed by atoms with Gasteiger partial charge < -0.3 is 19.9 Å². The van der Waals surface area contributed by atoms with E-state index in [0.717, 1.165) is 43.2 Å². The molecular weight excluding hydrogens is 371 g/mol. The Morgan fingerprint density at radius 1 is 1.00 bits per heavy atom. The topological polar surface area (TPSA) is 66.4 Å². The molecule has 0 radical (unpaired) electrons. The van der Waals surface area contributed by atoms with Gasteiger partial charge in [0.1, 0.15) is 11.6 Å². The Kier molecular flexibility index (Phi) is 5.69. The molecule has 1 N–H and O–H groups in total. The minimum atomic E-state index is -0.218. The van der Waals surface area contributed by atoms with Crippen molar-refractivity contribution in [2.24, 2.45) is 0 Å². The van der Waals surface area contributed by atoms with Crippen molar-refractivity contribution < 1.29 is 9.13 Å². The summed E-state index contributed by atoms with van der Waals surface area (Å²) in [6, 6.07) is 14.5. The van der Waals surface area contributed by atoms with Gasteiger partial charge in [0.05, 0.1) is 13.3 Å². The predicted octanol–water partition coefficient (Wildman–Crippen LogP) is 2.96. The van der Waals surface area contributed by atoms with Gasteiger partial charge in [0.15, 0.2) is 5.82 Å². The zero-order valence-electron chi connectivity index (χ0n) is 16.3. The number of hydrogen-bond acceptors (Lipinski definition) is 7. The summed E-state index contributed by atoms with van der Waals surface area (Å²) in [6.07, 6.45) is 1.62. The lowest BCUT2D eigenvalue weighted by Crippen LogP contribution is -2.47. The minimum Gasteiger partial charge on any atom is -0.496 e. The number of aromatic nitrogens is 3. The molecule has 0 saturated carbocycles. The third-order valence-electron chi connectivity index (χ3n) is 4.95. The maximum absolute atomic E-state index is 13.1. The van der Waals surface area contributed by atoms with Crippen LogP contribution in [0.1, 0.15) is 5.56 Å². The standard InChI is InChI=1S/C21H23FN6O/c1-29-19-5-3-2-4-16(19)14-23-20-15-24-26-21(25-20)28-12-10-27(11-13-28)18-8-6-17(22)7-9-18/h2-9,15H,10-14H2,1H3,(H,23,25,26). The molecule has 2 heterocycles. The number of ether oxygens (including phenoxy) is 1. The van der Waals surface area contributed by atoms with Crippen molar-refractivity contribution in [3.05, 3.63) is 66.1 Å². The summed E-state index contributed by atoms with van der Waals surface area (Å²) in [6.45, 7) is 3.76. The molecular formula is C21H23FN6O. The first kappa shape index (κ1) is 18.9. The number of anilines is 3. The monoisotopic (exact) mass is 394 g/mol. The van der Waals surface area contributed by atoms with Gasteiger partial charge in [-0.2, -0.15) is 10.1 Å². The number of rotatable bonds is 6. The van der Waals surface area contributed by atoms with E-state index in [1.807, 2.05) is 36.4 Å². The van der Waals surface area contributed by atoms with Crippen LogP contribution in [0, 0.1) is 5.82 Å². The maximum Gasteiger partial charge on any atom is 0.247 e. The lowest BCUT2D eigenvalue weighted by molar-refractivity contribution is 0.410. The van der Waals surface area contributed by atoms with Crippen LogP contribution in [0.25, 0.3) is 0 Å². The number of benzene rings is 2. The van der Waals surface area contributed by atoms with Crippen LogP contribution in [0.2, 0.25) is 0 Å². The van der Waals surface area contributed by atoms with E-state index in [-0.39, 0.29) is 5.82 Å². The summed E-state index contributed by atoms with van der Waals surface area (Å²) in [4.78, 5) is 8.95. The highest BCUT2D eigenvalue weighted by Crippen LogP contribution is 2.20. The average Bonchev–Trinajstić information content (AvgIpc) is 2.79. The average molecular weight is 394 g/mol. The molecule has 4 rings (SSSR count). The van der Waals surface area contributed by atoms with Crippen molar-refractivity contribution in [2.45, 2.75) is 6.54 Å². The minimum absolute atomic E-state index is 0.218. The van der Waals surface area contributed by atoms with E-state index >= 15 is 0 Å². The zero-order chi connectivity index (χ0) is 20.1. The smallest absolute Gasteiger partial charge is 0.247 e. The van der Waals surface area contributed by atoms with Crippen LogP contribution in [-0.4, -0.2) is 48.5 Å². The number of para-hydroxylation sites is 1. The van der Waals surface area contributed by atoms with Crippen molar-refractivity contribution in [3.8, 4) is 5.75 Å². The summed E-state index contributed by atoms with van der Waals surface area (Å²) in [5.74, 6) is 1.89. The quantitative estimate of drug-likeness (QED) is 0.689. The number of nitrogens with one attached hydrogen (secondary N) is 1. The van der Waals surface area contributed by atoms with Gasteiger partial charge in [-0.15, -0.1) is 5.10 Å². The SMILES string of the molecule is COc1ccccc1CNc1cnnc(N2CCN(c3ccc(F)cc3)CC2)n1. The third kappa shape index (κ3) is 4.53. The molecule has 0 atom stereocenters. The first-order valence-electron chi connectivity index (χ1n) is 9.54. The second-order valence-electron chi connectivity index (χ2n) is 6.76. The Morgan fingerprint density at radius 2 is 1.72 bits per heavy atom. The summed E-state index contributed by atoms with van der Waals surface area (Å²) >= 11 is 0. The lowest BCUT2D eigenvalue weighted by atomic mass is 10.2. The van der Waals surface area contributed by atoms with Crippen LogP contribution in [0.5, 0.6) is 5.75 Å². The molecule has 2 aromatic carbocycles. The van der Waals surface area contributed by atoms with Crippen LogP contribution in [0.3, 0.4) is 0 Å². The molecule has 0 amide bonds. The molecule has 7 nitrogen and oxygen atoms in total. The molecule has 29 heavy (non-hydrogen) atoms. The predicted molar refractivity (Wildman–Crippen MR) is 111 cm³/mol. The Morgan fingerprint density at radius 3 is 2.48 bits per heavy atom. The number of hydrogen-bond donors (Lipinski definition) is 1. The van der Waals surface area contributed by atoms with Gasteiger partial charge in [-0.1, -0.05) is 18.2 Å². The molecule has 1 aliphatic rings. The fourth-order valence-electron chi connectivity index (χ4n) is 3.36. The van der Waals surface area contributed by atoms with Crippen molar-refractivity contribution in [3.63, 3.8) is 0 Å². The first-order valence-corrected chi connectivity index (χ1v) is 9.54. The Bertz CT molecular complexity index is 944. The van der Waals surface area contributed by atoms with E-state index in [4.69, 9.17) is 4.74 Å². The van der Waals surface area contributed by atoms with Crippen molar-refractivity contribution in [2.75, 3.05) is 48.4 Å². The fourth-order valence-corrected chi connectivity index (χ4v) is 3.36. The summed E-state index contributed by atoms with van der Waals surface area (Å²) in [7, 11) is 1.66.